The van der Waals surface area contributed by atoms with Crippen molar-refractivity contribution in [2.75, 3.05) is 5.32 Å². The van der Waals surface area contributed by atoms with Crippen LogP contribution in [0.3, 0.4) is 0 Å². The Morgan fingerprint density at radius 2 is 1.82 bits per heavy atom. The van der Waals surface area contributed by atoms with Gasteiger partial charge < -0.3 is 10.4 Å². The summed E-state index contributed by atoms with van der Waals surface area (Å²) < 4.78 is 52.2. The highest BCUT2D eigenvalue weighted by Gasteiger charge is 2.34. The number of phenolic OH excluding ortho intramolecular Hbond substituents is 1. The Bertz CT molecular complexity index is 1030. The molecule has 3 aromatic rings. The Labute approximate surface area is 158 Å². The van der Waals surface area contributed by atoms with Crippen LogP contribution in [-0.2, 0) is 6.18 Å². The summed E-state index contributed by atoms with van der Waals surface area (Å²) in [6.45, 7) is 0. The lowest BCUT2D eigenvalue weighted by atomic mass is 9.94. The smallest absolute Gasteiger partial charge is 0.419 e. The molecular weight excluding hydrogens is 374 g/mol. The van der Waals surface area contributed by atoms with Crippen LogP contribution in [0.5, 0.6) is 5.75 Å². The Morgan fingerprint density at radius 3 is 2.54 bits per heavy atom. The van der Waals surface area contributed by atoms with Crippen molar-refractivity contribution in [2.24, 2.45) is 0 Å². The number of hydrogen-bond donors (Lipinski definition) is 2. The summed E-state index contributed by atoms with van der Waals surface area (Å²) in [6, 6.07) is 5.94. The Morgan fingerprint density at radius 1 is 1.07 bits per heavy atom. The van der Waals surface area contributed by atoms with Crippen molar-refractivity contribution in [3.05, 3.63) is 53.5 Å². The van der Waals surface area contributed by atoms with Crippen LogP contribution in [0.25, 0.3) is 10.9 Å². The second kappa shape index (κ2) is 6.92. The molecule has 4 rings (SSSR count). The molecule has 0 aliphatic heterocycles. The van der Waals surface area contributed by atoms with E-state index in [4.69, 9.17) is 0 Å². The highest BCUT2D eigenvalue weighted by Crippen LogP contribution is 2.41. The third kappa shape index (κ3) is 3.46. The van der Waals surface area contributed by atoms with Crippen LogP contribution in [0.2, 0.25) is 0 Å². The first kappa shape index (κ1) is 18.5. The number of nitrogens with one attached hydrogen (secondary N) is 1. The fourth-order valence-corrected chi connectivity index (χ4v) is 3.74. The molecular formula is C20H17F4N3O. The SMILES string of the molecule is Oc1ccc2cnc(Nc3ccc(F)c(C(F)(F)F)c3)nc2c1C1CCCC1. The number of fused-ring (bicyclic) bond motifs is 1. The monoisotopic (exact) mass is 391 g/mol. The molecule has 146 valence electrons. The maximum atomic E-state index is 13.5. The summed E-state index contributed by atoms with van der Waals surface area (Å²) >= 11 is 0. The summed E-state index contributed by atoms with van der Waals surface area (Å²) in [5, 5.41) is 13.8. The molecule has 1 aliphatic carbocycles. The van der Waals surface area contributed by atoms with E-state index < -0.39 is 17.6 Å². The van der Waals surface area contributed by atoms with Gasteiger partial charge in [-0.15, -0.1) is 0 Å². The Kier molecular flexibility index (Phi) is 4.56. The van der Waals surface area contributed by atoms with Gasteiger partial charge in [-0.25, -0.2) is 14.4 Å². The summed E-state index contributed by atoms with van der Waals surface area (Å²) in [4.78, 5) is 8.57. The topological polar surface area (TPSA) is 58.0 Å². The lowest BCUT2D eigenvalue weighted by molar-refractivity contribution is -0.139. The third-order valence-corrected chi connectivity index (χ3v) is 5.06. The van der Waals surface area contributed by atoms with Gasteiger partial charge in [0.2, 0.25) is 5.95 Å². The molecule has 1 fully saturated rings. The van der Waals surface area contributed by atoms with Crippen molar-refractivity contribution in [3.63, 3.8) is 0 Å². The zero-order chi connectivity index (χ0) is 19.9. The molecule has 0 spiro atoms. The van der Waals surface area contributed by atoms with Crippen LogP contribution in [-0.4, -0.2) is 15.1 Å². The van der Waals surface area contributed by atoms with Gasteiger partial charge in [0.05, 0.1) is 11.1 Å². The first-order chi connectivity index (χ1) is 13.3. The van der Waals surface area contributed by atoms with Crippen molar-refractivity contribution in [1.29, 1.82) is 0 Å². The molecule has 28 heavy (non-hydrogen) atoms. The van der Waals surface area contributed by atoms with E-state index in [0.717, 1.165) is 42.7 Å². The van der Waals surface area contributed by atoms with Crippen LogP contribution in [0, 0.1) is 5.82 Å². The fourth-order valence-electron chi connectivity index (χ4n) is 3.74. The Hall–Kier alpha value is -2.90. The molecule has 1 aromatic heterocycles. The van der Waals surface area contributed by atoms with Crippen LogP contribution in [0.4, 0.5) is 29.2 Å². The van der Waals surface area contributed by atoms with E-state index in [0.29, 0.717) is 11.6 Å². The lowest BCUT2D eigenvalue weighted by Gasteiger charge is -2.15. The summed E-state index contributed by atoms with van der Waals surface area (Å²) in [5.41, 5.74) is -0.0173. The second-order valence-corrected chi connectivity index (χ2v) is 6.93. The predicted octanol–water partition coefficient (Wildman–Crippen LogP) is 5.89. The predicted molar refractivity (Wildman–Crippen MR) is 97.1 cm³/mol. The number of benzene rings is 2. The number of aromatic nitrogens is 2. The number of aromatic hydroxyl groups is 1. The van der Waals surface area contributed by atoms with E-state index in [9.17, 15) is 22.7 Å². The number of halogens is 4. The van der Waals surface area contributed by atoms with Crippen LogP contribution in [0.1, 0.15) is 42.7 Å². The summed E-state index contributed by atoms with van der Waals surface area (Å²) in [5.74, 6) is -0.915. The number of alkyl halides is 3. The fraction of sp³-hybridized carbons (Fsp3) is 0.300. The third-order valence-electron chi connectivity index (χ3n) is 5.06. The number of rotatable bonds is 3. The molecule has 0 amide bonds. The van der Waals surface area contributed by atoms with Crippen molar-refractivity contribution in [3.8, 4) is 5.75 Å². The number of nitrogens with zero attached hydrogens (tertiary/aromatic N) is 2. The molecule has 0 bridgehead atoms. The quantitative estimate of drug-likeness (QED) is 0.546. The van der Waals surface area contributed by atoms with Gasteiger partial charge in [-0.1, -0.05) is 12.8 Å². The summed E-state index contributed by atoms with van der Waals surface area (Å²) in [7, 11) is 0. The van der Waals surface area contributed by atoms with Gasteiger partial charge in [-0.05, 0) is 49.1 Å². The molecule has 1 saturated carbocycles. The van der Waals surface area contributed by atoms with E-state index in [-0.39, 0.29) is 23.3 Å². The minimum Gasteiger partial charge on any atom is -0.508 e. The normalized spacial score (nSPS) is 15.3. The van der Waals surface area contributed by atoms with Crippen LogP contribution < -0.4 is 5.32 Å². The lowest BCUT2D eigenvalue weighted by Crippen LogP contribution is -2.09. The van der Waals surface area contributed by atoms with E-state index in [1.54, 1.807) is 18.3 Å². The highest BCUT2D eigenvalue weighted by atomic mass is 19.4. The zero-order valence-electron chi connectivity index (χ0n) is 14.7. The standard InChI is InChI=1S/C20H17F4N3O/c21-15-7-6-13(9-14(15)20(22,23)24)26-19-25-10-12-5-8-16(28)17(18(12)27-19)11-3-1-2-4-11/h5-11,28H,1-4H2,(H,25,26,27). The largest absolute Gasteiger partial charge is 0.508 e. The van der Waals surface area contributed by atoms with Gasteiger partial charge >= 0.3 is 6.18 Å². The molecule has 2 N–H and O–H groups in total. The van der Waals surface area contributed by atoms with Crippen molar-refractivity contribution in [1.82, 2.24) is 9.97 Å². The van der Waals surface area contributed by atoms with Crippen LogP contribution >= 0.6 is 0 Å². The average molecular weight is 391 g/mol. The van der Waals surface area contributed by atoms with Crippen molar-refractivity contribution >= 4 is 22.5 Å². The number of anilines is 2. The number of hydrogen-bond acceptors (Lipinski definition) is 4. The van der Waals surface area contributed by atoms with Gasteiger partial charge in [0.1, 0.15) is 11.6 Å². The van der Waals surface area contributed by atoms with Gasteiger partial charge in [-0.2, -0.15) is 13.2 Å². The molecule has 0 atom stereocenters. The average Bonchev–Trinajstić information content (AvgIpc) is 3.16. The second-order valence-electron chi connectivity index (χ2n) is 6.93. The van der Waals surface area contributed by atoms with E-state index in [1.807, 2.05) is 0 Å². The minimum absolute atomic E-state index is 0.0237. The molecule has 0 unspecified atom stereocenters. The van der Waals surface area contributed by atoms with E-state index in [1.165, 1.54) is 6.07 Å². The van der Waals surface area contributed by atoms with Gasteiger partial charge in [-0.3, -0.25) is 0 Å². The number of phenols is 1. The molecule has 0 radical (unpaired) electrons. The van der Waals surface area contributed by atoms with E-state index in [2.05, 4.69) is 15.3 Å². The van der Waals surface area contributed by atoms with Gasteiger partial charge in [0.25, 0.3) is 0 Å². The van der Waals surface area contributed by atoms with Crippen molar-refractivity contribution in [2.45, 2.75) is 37.8 Å². The maximum Gasteiger partial charge on any atom is 0.419 e. The first-order valence-electron chi connectivity index (χ1n) is 8.95. The molecule has 2 aromatic carbocycles. The van der Waals surface area contributed by atoms with Crippen LogP contribution in [0.15, 0.2) is 36.5 Å². The molecule has 0 saturated heterocycles. The minimum atomic E-state index is -4.80. The van der Waals surface area contributed by atoms with E-state index >= 15 is 0 Å². The maximum absolute atomic E-state index is 13.5. The zero-order valence-corrected chi connectivity index (χ0v) is 14.7. The molecule has 1 aliphatic rings. The molecule has 1 heterocycles. The van der Waals surface area contributed by atoms with Gasteiger partial charge in [0, 0.05) is 22.8 Å². The Balaban J connectivity index is 1.73. The van der Waals surface area contributed by atoms with Gasteiger partial charge in [0.15, 0.2) is 0 Å². The highest BCUT2D eigenvalue weighted by molar-refractivity contribution is 5.85. The summed E-state index contributed by atoms with van der Waals surface area (Å²) in [6.07, 6.45) is 0.807. The molecule has 4 nitrogen and oxygen atoms in total. The first-order valence-corrected chi connectivity index (χ1v) is 8.95. The van der Waals surface area contributed by atoms with Crippen molar-refractivity contribution < 1.29 is 22.7 Å². The molecule has 8 heteroatoms.